The third kappa shape index (κ3) is 5.06. The molecule has 27 heavy (non-hydrogen) atoms. The topological polar surface area (TPSA) is 57.7 Å². The van der Waals surface area contributed by atoms with Gasteiger partial charge >= 0.3 is 0 Å². The second-order valence-corrected chi connectivity index (χ2v) is 10.2. The summed E-state index contributed by atoms with van der Waals surface area (Å²) in [5, 5.41) is 0.210. The number of nitrogens with zero attached hydrogens (tertiary/aromatic N) is 2. The van der Waals surface area contributed by atoms with Gasteiger partial charge < -0.3 is 4.90 Å². The van der Waals surface area contributed by atoms with E-state index in [-0.39, 0.29) is 28.9 Å². The Hall–Kier alpha value is -1.06. The number of carbonyl (C=O) groups is 1. The summed E-state index contributed by atoms with van der Waals surface area (Å²) >= 11 is 10.9. The molecule has 0 aliphatic carbocycles. The number of piperazine rings is 1. The Morgan fingerprint density at radius 2 is 1.67 bits per heavy atom. The third-order valence-electron chi connectivity index (χ3n) is 4.22. The molecule has 0 spiro atoms. The van der Waals surface area contributed by atoms with Crippen molar-refractivity contribution >= 4 is 55.2 Å². The molecule has 2 aromatic carbocycles. The van der Waals surface area contributed by atoms with Gasteiger partial charge in [-0.1, -0.05) is 39.7 Å². The zero-order valence-corrected chi connectivity index (χ0v) is 18.3. The Morgan fingerprint density at radius 1 is 1.04 bits per heavy atom. The highest BCUT2D eigenvalue weighted by Gasteiger charge is 2.31. The summed E-state index contributed by atoms with van der Waals surface area (Å²) in [6.45, 7) is 1.29. The first kappa shape index (κ1) is 20.7. The smallest absolute Gasteiger partial charge is 0.244 e. The van der Waals surface area contributed by atoms with Crippen LogP contribution in [0.1, 0.15) is 0 Å². The highest BCUT2D eigenvalue weighted by atomic mass is 79.9. The third-order valence-corrected chi connectivity index (χ3v) is 8.15. The van der Waals surface area contributed by atoms with E-state index in [1.807, 2.05) is 24.3 Å². The molecule has 3 rings (SSSR count). The molecule has 144 valence electrons. The van der Waals surface area contributed by atoms with Gasteiger partial charge in [0.15, 0.2) is 0 Å². The van der Waals surface area contributed by atoms with E-state index in [1.54, 1.807) is 23.1 Å². The molecule has 5 nitrogen and oxygen atoms in total. The SMILES string of the molecule is O=C(CSc1ccc(Br)cc1)N1CCN(S(=O)(=O)c2ccccc2Cl)CC1. The molecule has 1 aliphatic heterocycles. The molecule has 2 aromatic rings. The van der Waals surface area contributed by atoms with Crippen LogP contribution in [0, 0.1) is 0 Å². The van der Waals surface area contributed by atoms with E-state index in [9.17, 15) is 13.2 Å². The average molecular weight is 490 g/mol. The fourth-order valence-corrected chi connectivity index (χ4v) is 5.72. The minimum absolute atomic E-state index is 0.0118. The molecule has 0 saturated carbocycles. The van der Waals surface area contributed by atoms with Crippen LogP contribution in [-0.4, -0.2) is 55.5 Å². The number of carbonyl (C=O) groups excluding carboxylic acids is 1. The minimum atomic E-state index is -3.65. The van der Waals surface area contributed by atoms with Gasteiger partial charge in [0, 0.05) is 35.5 Å². The van der Waals surface area contributed by atoms with Gasteiger partial charge in [0.25, 0.3) is 0 Å². The molecule has 0 bridgehead atoms. The molecule has 1 fully saturated rings. The van der Waals surface area contributed by atoms with Crippen molar-refractivity contribution in [3.8, 4) is 0 Å². The van der Waals surface area contributed by atoms with Crippen LogP contribution in [0.3, 0.4) is 0 Å². The Kier molecular flexibility index (Phi) is 6.86. The molecular formula is C18H18BrClN2O3S2. The summed E-state index contributed by atoms with van der Waals surface area (Å²) < 4.78 is 27.9. The highest BCUT2D eigenvalue weighted by Crippen LogP contribution is 2.25. The van der Waals surface area contributed by atoms with Crippen LogP contribution in [0.2, 0.25) is 5.02 Å². The van der Waals surface area contributed by atoms with Crippen molar-refractivity contribution < 1.29 is 13.2 Å². The maximum atomic E-state index is 12.8. The van der Waals surface area contributed by atoms with Crippen molar-refractivity contribution in [1.29, 1.82) is 0 Å². The molecule has 0 N–H and O–H groups in total. The van der Waals surface area contributed by atoms with E-state index < -0.39 is 10.0 Å². The van der Waals surface area contributed by atoms with E-state index in [0.29, 0.717) is 18.8 Å². The summed E-state index contributed by atoms with van der Waals surface area (Å²) in [7, 11) is -3.65. The summed E-state index contributed by atoms with van der Waals surface area (Å²) in [6.07, 6.45) is 0. The van der Waals surface area contributed by atoms with E-state index in [2.05, 4.69) is 15.9 Å². The number of thioether (sulfide) groups is 1. The van der Waals surface area contributed by atoms with Crippen molar-refractivity contribution in [2.24, 2.45) is 0 Å². The van der Waals surface area contributed by atoms with Gasteiger partial charge in [-0.2, -0.15) is 4.31 Å². The second kappa shape index (κ2) is 8.96. The number of halogens is 2. The van der Waals surface area contributed by atoms with Gasteiger partial charge in [0.2, 0.25) is 15.9 Å². The van der Waals surface area contributed by atoms with Crippen LogP contribution in [0.15, 0.2) is 62.8 Å². The van der Waals surface area contributed by atoms with E-state index in [0.717, 1.165) is 9.37 Å². The first-order valence-corrected chi connectivity index (χ1v) is 11.9. The zero-order valence-electron chi connectivity index (χ0n) is 14.3. The van der Waals surface area contributed by atoms with Crippen molar-refractivity contribution in [1.82, 2.24) is 9.21 Å². The number of amides is 1. The van der Waals surface area contributed by atoms with E-state index in [1.165, 1.54) is 22.1 Å². The Balaban J connectivity index is 1.56. The van der Waals surface area contributed by atoms with E-state index >= 15 is 0 Å². The maximum Gasteiger partial charge on any atom is 0.244 e. The lowest BCUT2D eigenvalue weighted by atomic mass is 10.3. The zero-order chi connectivity index (χ0) is 19.4. The number of benzene rings is 2. The van der Waals surface area contributed by atoms with Crippen molar-refractivity contribution in [3.05, 3.63) is 58.0 Å². The lowest BCUT2D eigenvalue weighted by molar-refractivity contribution is -0.129. The van der Waals surface area contributed by atoms with Gasteiger partial charge in [-0.25, -0.2) is 8.42 Å². The van der Waals surface area contributed by atoms with Crippen molar-refractivity contribution in [3.63, 3.8) is 0 Å². The first-order valence-electron chi connectivity index (χ1n) is 8.29. The molecule has 1 saturated heterocycles. The molecule has 0 atom stereocenters. The molecule has 0 unspecified atom stereocenters. The van der Waals surface area contributed by atoms with Gasteiger partial charge in [-0.05, 0) is 36.4 Å². The molecule has 0 aromatic heterocycles. The first-order chi connectivity index (χ1) is 12.9. The lowest BCUT2D eigenvalue weighted by Crippen LogP contribution is -2.51. The second-order valence-electron chi connectivity index (χ2n) is 5.96. The Morgan fingerprint density at radius 3 is 2.30 bits per heavy atom. The molecule has 1 amide bonds. The van der Waals surface area contributed by atoms with Gasteiger partial charge in [0.1, 0.15) is 4.90 Å². The summed E-state index contributed by atoms with van der Waals surface area (Å²) in [6, 6.07) is 14.2. The normalized spacial score (nSPS) is 15.7. The Bertz CT molecular complexity index is 914. The van der Waals surface area contributed by atoms with Gasteiger partial charge in [0.05, 0.1) is 10.8 Å². The molecule has 1 aliphatic rings. The number of hydrogen-bond donors (Lipinski definition) is 0. The number of sulfonamides is 1. The van der Waals surface area contributed by atoms with Gasteiger partial charge in [-0.3, -0.25) is 4.79 Å². The summed E-state index contributed by atoms with van der Waals surface area (Å²) in [4.78, 5) is 15.3. The largest absolute Gasteiger partial charge is 0.339 e. The quantitative estimate of drug-likeness (QED) is 0.601. The van der Waals surface area contributed by atoms with Crippen molar-refractivity contribution in [2.75, 3.05) is 31.9 Å². The monoisotopic (exact) mass is 488 g/mol. The maximum absolute atomic E-state index is 12.8. The number of rotatable bonds is 5. The number of hydrogen-bond acceptors (Lipinski definition) is 4. The highest BCUT2D eigenvalue weighted by molar-refractivity contribution is 9.10. The van der Waals surface area contributed by atoms with Gasteiger partial charge in [-0.15, -0.1) is 11.8 Å². The molecule has 1 heterocycles. The van der Waals surface area contributed by atoms with Crippen LogP contribution in [-0.2, 0) is 14.8 Å². The minimum Gasteiger partial charge on any atom is -0.339 e. The van der Waals surface area contributed by atoms with Crippen LogP contribution in [0.4, 0.5) is 0 Å². The predicted octanol–water partition coefficient (Wildman–Crippen LogP) is 3.73. The molecule has 0 radical (unpaired) electrons. The van der Waals surface area contributed by atoms with Crippen LogP contribution < -0.4 is 0 Å². The molecule has 9 heteroatoms. The van der Waals surface area contributed by atoms with Crippen LogP contribution in [0.5, 0.6) is 0 Å². The Labute approximate surface area is 176 Å². The van der Waals surface area contributed by atoms with Crippen LogP contribution >= 0.6 is 39.3 Å². The summed E-state index contributed by atoms with van der Waals surface area (Å²) in [5.41, 5.74) is 0. The van der Waals surface area contributed by atoms with Crippen molar-refractivity contribution in [2.45, 2.75) is 9.79 Å². The van der Waals surface area contributed by atoms with E-state index in [4.69, 9.17) is 11.6 Å². The molecular weight excluding hydrogens is 472 g/mol. The fourth-order valence-electron chi connectivity index (χ4n) is 2.74. The predicted molar refractivity (Wildman–Crippen MR) is 112 cm³/mol. The lowest BCUT2D eigenvalue weighted by Gasteiger charge is -2.34. The fraction of sp³-hybridized carbons (Fsp3) is 0.278. The standard InChI is InChI=1S/C18H18BrClN2O3S2/c19-14-5-7-15(8-6-14)26-13-18(23)21-9-11-22(12-10-21)27(24,25)17-4-2-1-3-16(17)20/h1-8H,9-13H2. The summed E-state index contributed by atoms with van der Waals surface area (Å²) in [5.74, 6) is 0.344. The average Bonchev–Trinajstić information content (AvgIpc) is 2.67. The van der Waals surface area contributed by atoms with Crippen LogP contribution in [0.25, 0.3) is 0 Å².